The highest BCUT2D eigenvalue weighted by Gasteiger charge is 2.52. The van der Waals surface area contributed by atoms with Crippen LogP contribution in [0.15, 0.2) is 35.4 Å². The summed E-state index contributed by atoms with van der Waals surface area (Å²) in [4.78, 5) is 15.6. The van der Waals surface area contributed by atoms with E-state index < -0.39 is 12.0 Å². The molecule has 0 aliphatic carbocycles. The molecule has 2 heterocycles. The summed E-state index contributed by atoms with van der Waals surface area (Å²) in [6, 6.07) is 4.34. The van der Waals surface area contributed by atoms with Gasteiger partial charge in [0.05, 0.1) is 27.3 Å². The summed E-state index contributed by atoms with van der Waals surface area (Å²) in [6.07, 6.45) is 1.15. The van der Waals surface area contributed by atoms with Crippen molar-refractivity contribution in [2.75, 3.05) is 6.61 Å². The number of carbonyl (C=O) groups is 1. The number of halogens is 2. The Hall–Kier alpha value is -1.83. The number of benzene rings is 1. The average molecular weight is 453 g/mol. The Balaban J connectivity index is 2.13. The zero-order valence-corrected chi connectivity index (χ0v) is 19.3. The molecule has 0 radical (unpaired) electrons. The fourth-order valence-corrected chi connectivity index (χ4v) is 5.43. The number of nitrogens with zero attached hydrogens (tertiary/aromatic N) is 2. The van der Waals surface area contributed by atoms with E-state index in [0.717, 1.165) is 0 Å². The molecule has 0 bridgehead atoms. The number of carbonyl (C=O) groups excluding carboxylic acids is 1. The average Bonchev–Trinajstić information content (AvgIpc) is 3.16. The number of hydrogen-bond donors (Lipinski definition) is 0. The lowest BCUT2D eigenvalue weighted by molar-refractivity contribution is -0.0484. The monoisotopic (exact) mass is 452 g/mol. The number of aromatic nitrogens is 1. The molecule has 2 atom stereocenters. The zero-order valence-electron chi connectivity index (χ0n) is 17.7. The molecule has 1 fully saturated rings. The molecule has 3 rings (SSSR count). The van der Waals surface area contributed by atoms with Crippen molar-refractivity contribution in [1.82, 2.24) is 10.1 Å². The first kappa shape index (κ1) is 22.8. The van der Waals surface area contributed by atoms with Gasteiger partial charge in [0.2, 0.25) is 0 Å². The van der Waals surface area contributed by atoms with Crippen LogP contribution in [0.5, 0.6) is 0 Å². The van der Waals surface area contributed by atoms with Crippen LogP contribution in [-0.2, 0) is 4.74 Å². The molecule has 8 heteroatoms. The Labute approximate surface area is 185 Å². The van der Waals surface area contributed by atoms with Gasteiger partial charge in [0.25, 0.3) is 5.91 Å². The molecular weight excluding hydrogens is 427 g/mol. The van der Waals surface area contributed by atoms with Gasteiger partial charge in [-0.15, -0.1) is 18.3 Å². The van der Waals surface area contributed by atoms with Gasteiger partial charge in [-0.05, 0) is 38.8 Å². The van der Waals surface area contributed by atoms with Crippen LogP contribution >= 0.6 is 23.4 Å². The molecule has 5 nitrogen and oxygen atoms in total. The Kier molecular flexibility index (Phi) is 6.65. The van der Waals surface area contributed by atoms with E-state index in [1.165, 1.54) is 12.1 Å². The van der Waals surface area contributed by atoms with E-state index in [9.17, 15) is 9.18 Å². The van der Waals surface area contributed by atoms with Gasteiger partial charge in [-0.25, -0.2) is 4.39 Å². The first-order valence-corrected chi connectivity index (χ1v) is 11.0. The number of hydrogen-bond acceptors (Lipinski definition) is 5. The van der Waals surface area contributed by atoms with Crippen LogP contribution in [-0.4, -0.2) is 38.9 Å². The number of thioether (sulfide) groups is 1. The molecule has 0 saturated carbocycles. The van der Waals surface area contributed by atoms with Crippen molar-refractivity contribution in [1.29, 1.82) is 0 Å². The van der Waals surface area contributed by atoms with Crippen LogP contribution < -0.4 is 0 Å². The van der Waals surface area contributed by atoms with Crippen LogP contribution in [0.1, 0.15) is 43.8 Å². The second kappa shape index (κ2) is 8.73. The summed E-state index contributed by atoms with van der Waals surface area (Å²) in [6.45, 7) is 13.9. The zero-order chi connectivity index (χ0) is 22.2. The summed E-state index contributed by atoms with van der Waals surface area (Å²) in [5.74, 6) is -0.431. The summed E-state index contributed by atoms with van der Waals surface area (Å²) in [5, 5.41) is 4.00. The van der Waals surface area contributed by atoms with Crippen molar-refractivity contribution in [2.24, 2.45) is 5.92 Å². The number of rotatable bonds is 6. The van der Waals surface area contributed by atoms with Crippen LogP contribution in [0, 0.1) is 18.7 Å². The molecule has 30 heavy (non-hydrogen) atoms. The smallest absolute Gasteiger partial charge is 0.262 e. The number of amides is 1. The molecule has 2 unspecified atom stereocenters. The lowest BCUT2D eigenvalue weighted by Gasteiger charge is -2.33. The minimum atomic E-state index is -0.569. The lowest BCUT2D eigenvalue weighted by Crippen LogP contribution is -2.48. The van der Waals surface area contributed by atoms with Gasteiger partial charge in [-0.2, -0.15) is 0 Å². The van der Waals surface area contributed by atoms with Gasteiger partial charge >= 0.3 is 0 Å². The van der Waals surface area contributed by atoms with Gasteiger partial charge in [0, 0.05) is 0 Å². The Morgan fingerprint density at radius 2 is 2.20 bits per heavy atom. The third-order valence-electron chi connectivity index (χ3n) is 5.00. The van der Waals surface area contributed by atoms with Crippen LogP contribution in [0.2, 0.25) is 5.02 Å². The van der Waals surface area contributed by atoms with Crippen LogP contribution in [0.3, 0.4) is 0 Å². The second-order valence-corrected chi connectivity index (χ2v) is 10.3. The first-order valence-electron chi connectivity index (χ1n) is 9.73. The molecule has 0 N–H and O–H groups in total. The maximum Gasteiger partial charge on any atom is 0.262 e. The van der Waals surface area contributed by atoms with E-state index in [2.05, 4.69) is 25.6 Å². The molecule has 1 aliphatic rings. The molecular formula is C22H26ClFN2O3S. The van der Waals surface area contributed by atoms with Crippen molar-refractivity contribution in [2.45, 2.75) is 51.0 Å². The van der Waals surface area contributed by atoms with E-state index >= 15 is 0 Å². The van der Waals surface area contributed by atoms with Gasteiger partial charge < -0.3 is 9.26 Å². The highest BCUT2D eigenvalue weighted by atomic mass is 35.5. The highest BCUT2D eigenvalue weighted by Crippen LogP contribution is 2.48. The topological polar surface area (TPSA) is 55.6 Å². The SMILES string of the molecule is C=CCOC1N(C(=O)c2c(-c3c(F)cccc3Cl)noc2C)C(C(C)C)SC1(C)C. The number of ether oxygens (including phenoxy) is 1. The van der Waals surface area contributed by atoms with E-state index in [1.807, 2.05) is 13.8 Å². The summed E-state index contributed by atoms with van der Waals surface area (Å²) < 4.78 is 25.6. The van der Waals surface area contributed by atoms with Gasteiger partial charge in [-0.3, -0.25) is 9.69 Å². The summed E-state index contributed by atoms with van der Waals surface area (Å²) in [7, 11) is 0. The maximum atomic E-state index is 14.6. The van der Waals surface area contributed by atoms with Gasteiger partial charge in [0.1, 0.15) is 29.1 Å². The Morgan fingerprint density at radius 3 is 2.80 bits per heavy atom. The van der Waals surface area contributed by atoms with Crippen molar-refractivity contribution in [3.63, 3.8) is 0 Å². The molecule has 1 aromatic heterocycles. The third-order valence-corrected chi connectivity index (χ3v) is 7.14. The summed E-state index contributed by atoms with van der Waals surface area (Å²) in [5.41, 5.74) is 0.341. The first-order chi connectivity index (χ1) is 14.1. The number of aryl methyl sites for hydroxylation is 1. The minimum Gasteiger partial charge on any atom is -0.360 e. The third kappa shape index (κ3) is 4.03. The predicted octanol–water partition coefficient (Wildman–Crippen LogP) is 5.92. The molecule has 162 valence electrons. The van der Waals surface area contributed by atoms with Crippen molar-refractivity contribution >= 4 is 29.3 Å². The lowest BCUT2D eigenvalue weighted by atomic mass is 10.0. The predicted molar refractivity (Wildman–Crippen MR) is 118 cm³/mol. The van der Waals surface area contributed by atoms with Crippen molar-refractivity contribution in [3.05, 3.63) is 53.0 Å². The Bertz CT molecular complexity index is 940. The molecule has 1 saturated heterocycles. The van der Waals surface area contributed by atoms with Gasteiger partial charge in [0.15, 0.2) is 0 Å². The molecule has 1 aliphatic heterocycles. The van der Waals surface area contributed by atoms with E-state index in [0.29, 0.717) is 12.4 Å². The maximum absolute atomic E-state index is 14.6. The molecule has 1 amide bonds. The van der Waals surface area contributed by atoms with Crippen molar-refractivity contribution in [3.8, 4) is 11.3 Å². The largest absolute Gasteiger partial charge is 0.360 e. The van der Waals surface area contributed by atoms with Gasteiger partial charge in [-0.1, -0.05) is 42.7 Å². The Morgan fingerprint density at radius 1 is 1.50 bits per heavy atom. The van der Waals surface area contributed by atoms with Crippen molar-refractivity contribution < 1.29 is 18.4 Å². The van der Waals surface area contributed by atoms with E-state index in [1.54, 1.807) is 35.7 Å². The van der Waals surface area contributed by atoms with Crippen LogP contribution in [0.25, 0.3) is 11.3 Å². The molecule has 1 aromatic carbocycles. The van der Waals surface area contributed by atoms with Crippen LogP contribution in [0.4, 0.5) is 4.39 Å². The minimum absolute atomic E-state index is 0.0510. The normalized spacial score (nSPS) is 20.7. The second-order valence-electron chi connectivity index (χ2n) is 8.10. The highest BCUT2D eigenvalue weighted by molar-refractivity contribution is 8.01. The molecule has 0 spiro atoms. The van der Waals surface area contributed by atoms with E-state index in [-0.39, 0.29) is 43.8 Å². The fraction of sp³-hybridized carbons (Fsp3) is 0.455. The molecule has 2 aromatic rings. The fourth-order valence-electron chi connectivity index (χ4n) is 3.66. The summed E-state index contributed by atoms with van der Waals surface area (Å²) >= 11 is 7.92. The van der Waals surface area contributed by atoms with E-state index in [4.69, 9.17) is 20.9 Å². The standard InChI is InChI=1S/C22H26ClFN2O3S/c1-7-11-28-21-22(5,6)30-20(12(2)3)26(21)19(27)16-13(4)29-25-18(16)17-14(23)9-8-10-15(17)24/h7-10,12,20-21H,1,11H2,2-6H3. The quantitative estimate of drug-likeness (QED) is 0.509.